The smallest absolute Gasteiger partial charge is 0.163 e. The number of fused-ring (bicyclic) bond motifs is 2. The van der Waals surface area contributed by atoms with E-state index in [2.05, 4.69) is 23.2 Å². The molecule has 6 nitrogen and oxygen atoms in total. The van der Waals surface area contributed by atoms with E-state index in [1.54, 1.807) is 7.11 Å². The van der Waals surface area contributed by atoms with Gasteiger partial charge in [0.25, 0.3) is 0 Å². The molecule has 0 bridgehead atoms. The van der Waals surface area contributed by atoms with Crippen molar-refractivity contribution in [3.05, 3.63) is 23.4 Å². The number of pyridine rings is 1. The van der Waals surface area contributed by atoms with E-state index in [1.807, 2.05) is 6.07 Å². The Morgan fingerprint density at radius 1 is 1.18 bits per heavy atom. The third-order valence-electron chi connectivity index (χ3n) is 5.63. The van der Waals surface area contributed by atoms with Gasteiger partial charge >= 0.3 is 0 Å². The number of anilines is 1. The molecule has 0 saturated carbocycles. The van der Waals surface area contributed by atoms with Gasteiger partial charge in [-0.15, -0.1) is 0 Å². The molecule has 2 aliphatic rings. The molecular weight excluding hydrogens is 354 g/mol. The van der Waals surface area contributed by atoms with Crippen molar-refractivity contribution in [3.8, 4) is 11.5 Å². The van der Waals surface area contributed by atoms with Crippen LogP contribution in [0.3, 0.4) is 0 Å². The molecule has 0 atom stereocenters. The summed E-state index contributed by atoms with van der Waals surface area (Å²) in [5.74, 6) is 1.56. The van der Waals surface area contributed by atoms with Crippen molar-refractivity contribution in [1.29, 1.82) is 0 Å². The molecule has 1 aliphatic heterocycles. The number of ether oxygens (including phenoxy) is 3. The molecule has 0 spiro atoms. The Bertz CT molecular complexity index is 819. The zero-order valence-electron chi connectivity index (χ0n) is 17.1. The van der Waals surface area contributed by atoms with Crippen LogP contribution in [0.15, 0.2) is 12.1 Å². The second-order valence-electron chi connectivity index (χ2n) is 7.47. The molecule has 152 valence electrons. The summed E-state index contributed by atoms with van der Waals surface area (Å²) in [5, 5.41) is 4.68. The van der Waals surface area contributed by atoms with Crippen molar-refractivity contribution in [2.45, 2.75) is 32.6 Å². The van der Waals surface area contributed by atoms with E-state index < -0.39 is 0 Å². The fraction of sp³-hybridized carbons (Fsp3) is 0.591. The van der Waals surface area contributed by atoms with Gasteiger partial charge in [-0.05, 0) is 44.2 Å². The average molecular weight is 386 g/mol. The maximum atomic E-state index is 6.10. The fourth-order valence-corrected chi connectivity index (χ4v) is 4.22. The van der Waals surface area contributed by atoms with Gasteiger partial charge < -0.3 is 19.5 Å². The standard InChI is InChI=1S/C22H31N3O3/c1-3-23-22-16-6-4-7-18(16)24-19-15-21(20(26-2)14-17(19)22)28-11-5-8-25-9-12-27-13-10-25/h14-15H,3-13H2,1-2H3,(H,23,24). The summed E-state index contributed by atoms with van der Waals surface area (Å²) < 4.78 is 17.2. The molecule has 2 aromatic rings. The largest absolute Gasteiger partial charge is 0.493 e. The van der Waals surface area contributed by atoms with Crippen LogP contribution in [0.4, 0.5) is 5.69 Å². The van der Waals surface area contributed by atoms with Gasteiger partial charge in [-0.2, -0.15) is 0 Å². The van der Waals surface area contributed by atoms with Crippen LogP contribution in [0, 0.1) is 0 Å². The van der Waals surface area contributed by atoms with Crippen LogP contribution < -0.4 is 14.8 Å². The number of aryl methyl sites for hydroxylation is 1. The number of nitrogens with one attached hydrogen (secondary N) is 1. The van der Waals surface area contributed by atoms with E-state index in [1.165, 1.54) is 23.4 Å². The molecule has 2 heterocycles. The molecule has 0 amide bonds. The molecule has 1 fully saturated rings. The molecule has 4 rings (SSSR count). The van der Waals surface area contributed by atoms with Crippen molar-refractivity contribution < 1.29 is 14.2 Å². The lowest BCUT2D eigenvalue weighted by atomic mass is 10.1. The second kappa shape index (κ2) is 8.97. The summed E-state index contributed by atoms with van der Waals surface area (Å²) >= 11 is 0. The normalized spacial score (nSPS) is 16.9. The molecule has 0 radical (unpaired) electrons. The zero-order chi connectivity index (χ0) is 19.3. The van der Waals surface area contributed by atoms with Gasteiger partial charge in [-0.3, -0.25) is 9.88 Å². The first-order valence-electron chi connectivity index (χ1n) is 10.5. The Morgan fingerprint density at radius 2 is 2.04 bits per heavy atom. The molecule has 6 heteroatoms. The van der Waals surface area contributed by atoms with Gasteiger partial charge in [-0.1, -0.05) is 0 Å². The minimum Gasteiger partial charge on any atom is -0.493 e. The number of nitrogens with zero attached hydrogens (tertiary/aromatic N) is 2. The number of aromatic nitrogens is 1. The SMILES string of the molecule is CCNc1c2c(nc3cc(OCCCN4CCOCC4)c(OC)cc13)CCC2. The van der Waals surface area contributed by atoms with Gasteiger partial charge in [-0.25, -0.2) is 0 Å². The highest BCUT2D eigenvalue weighted by molar-refractivity contribution is 5.96. The van der Waals surface area contributed by atoms with E-state index in [4.69, 9.17) is 19.2 Å². The number of rotatable bonds is 8. The van der Waals surface area contributed by atoms with E-state index >= 15 is 0 Å². The van der Waals surface area contributed by atoms with Crippen LogP contribution in [-0.4, -0.2) is 63.0 Å². The molecule has 0 unspecified atom stereocenters. The lowest BCUT2D eigenvalue weighted by Gasteiger charge is -2.26. The van der Waals surface area contributed by atoms with E-state index in [-0.39, 0.29) is 0 Å². The van der Waals surface area contributed by atoms with E-state index in [0.717, 1.165) is 81.1 Å². The minimum atomic E-state index is 0.671. The van der Waals surface area contributed by atoms with Crippen LogP contribution in [-0.2, 0) is 17.6 Å². The Labute approximate surface area is 167 Å². The maximum absolute atomic E-state index is 6.10. The van der Waals surface area contributed by atoms with Crippen molar-refractivity contribution in [3.63, 3.8) is 0 Å². The summed E-state index contributed by atoms with van der Waals surface area (Å²) in [6.45, 7) is 8.44. The first kappa shape index (κ1) is 19.3. The molecule has 1 aromatic carbocycles. The van der Waals surface area contributed by atoms with E-state index in [9.17, 15) is 0 Å². The number of benzene rings is 1. The molecule has 1 aromatic heterocycles. The van der Waals surface area contributed by atoms with Crippen molar-refractivity contribution in [2.75, 3.05) is 58.4 Å². The first-order chi connectivity index (χ1) is 13.8. The number of methoxy groups -OCH3 is 1. The Hall–Kier alpha value is -2.05. The summed E-state index contributed by atoms with van der Waals surface area (Å²) in [6, 6.07) is 4.12. The quantitative estimate of drug-likeness (QED) is 0.704. The summed E-state index contributed by atoms with van der Waals surface area (Å²) in [4.78, 5) is 7.37. The number of morpholine rings is 1. The second-order valence-corrected chi connectivity index (χ2v) is 7.47. The van der Waals surface area contributed by atoms with Crippen molar-refractivity contribution >= 4 is 16.6 Å². The molecule has 1 saturated heterocycles. The van der Waals surface area contributed by atoms with Crippen LogP contribution in [0.5, 0.6) is 11.5 Å². The Kier molecular flexibility index (Phi) is 6.17. The third-order valence-corrected chi connectivity index (χ3v) is 5.63. The maximum Gasteiger partial charge on any atom is 0.163 e. The molecular formula is C22H31N3O3. The van der Waals surface area contributed by atoms with E-state index in [0.29, 0.717) is 6.61 Å². The average Bonchev–Trinajstić information content (AvgIpc) is 3.19. The predicted octanol–water partition coefficient (Wildman–Crippen LogP) is 3.27. The van der Waals surface area contributed by atoms with Crippen LogP contribution >= 0.6 is 0 Å². The Balaban J connectivity index is 1.52. The molecule has 1 N–H and O–H groups in total. The highest BCUT2D eigenvalue weighted by Crippen LogP contribution is 2.39. The summed E-state index contributed by atoms with van der Waals surface area (Å²) in [5.41, 5.74) is 4.81. The predicted molar refractivity (Wildman–Crippen MR) is 112 cm³/mol. The number of hydrogen-bond donors (Lipinski definition) is 1. The third kappa shape index (κ3) is 4.03. The molecule has 1 aliphatic carbocycles. The molecule has 28 heavy (non-hydrogen) atoms. The van der Waals surface area contributed by atoms with Crippen LogP contribution in [0.2, 0.25) is 0 Å². The lowest BCUT2D eigenvalue weighted by molar-refractivity contribution is 0.0357. The summed E-state index contributed by atoms with van der Waals surface area (Å²) in [7, 11) is 1.70. The van der Waals surface area contributed by atoms with Crippen LogP contribution in [0.25, 0.3) is 10.9 Å². The van der Waals surface area contributed by atoms with Crippen LogP contribution in [0.1, 0.15) is 31.0 Å². The topological polar surface area (TPSA) is 55.9 Å². The lowest BCUT2D eigenvalue weighted by Crippen LogP contribution is -2.37. The number of hydrogen-bond acceptors (Lipinski definition) is 6. The van der Waals surface area contributed by atoms with Gasteiger partial charge in [0, 0.05) is 49.0 Å². The first-order valence-corrected chi connectivity index (χ1v) is 10.5. The summed E-state index contributed by atoms with van der Waals surface area (Å²) in [6.07, 6.45) is 4.33. The van der Waals surface area contributed by atoms with Gasteiger partial charge in [0.15, 0.2) is 11.5 Å². The highest BCUT2D eigenvalue weighted by Gasteiger charge is 2.21. The van der Waals surface area contributed by atoms with Gasteiger partial charge in [0.1, 0.15) is 0 Å². The Morgan fingerprint density at radius 3 is 2.82 bits per heavy atom. The monoisotopic (exact) mass is 385 g/mol. The van der Waals surface area contributed by atoms with Crippen molar-refractivity contribution in [1.82, 2.24) is 9.88 Å². The highest BCUT2D eigenvalue weighted by atomic mass is 16.5. The fourth-order valence-electron chi connectivity index (χ4n) is 4.22. The zero-order valence-corrected chi connectivity index (χ0v) is 17.1. The minimum absolute atomic E-state index is 0.671. The van der Waals surface area contributed by atoms with Crippen molar-refractivity contribution in [2.24, 2.45) is 0 Å². The van der Waals surface area contributed by atoms with Gasteiger partial charge in [0.05, 0.1) is 32.4 Å². The van der Waals surface area contributed by atoms with Gasteiger partial charge in [0.2, 0.25) is 0 Å².